The van der Waals surface area contributed by atoms with Crippen molar-refractivity contribution in [3.8, 4) is 5.75 Å². The molecule has 1 atom stereocenters. The van der Waals surface area contributed by atoms with Gasteiger partial charge in [0.15, 0.2) is 5.78 Å². The molecule has 110 valence electrons. The van der Waals surface area contributed by atoms with Crippen LogP contribution in [0.15, 0.2) is 24.3 Å². The monoisotopic (exact) mass is 278 g/mol. The van der Waals surface area contributed by atoms with E-state index >= 15 is 0 Å². The lowest BCUT2D eigenvalue weighted by molar-refractivity contribution is -0.153. The summed E-state index contributed by atoms with van der Waals surface area (Å²) in [5.74, 6) is -0.562. The highest BCUT2D eigenvalue weighted by atomic mass is 16.5. The molecule has 0 bridgehead atoms. The van der Waals surface area contributed by atoms with Gasteiger partial charge in [-0.1, -0.05) is 26.0 Å². The van der Waals surface area contributed by atoms with Crippen LogP contribution in [-0.2, 0) is 20.7 Å². The Morgan fingerprint density at radius 2 is 1.75 bits per heavy atom. The lowest BCUT2D eigenvalue weighted by Crippen LogP contribution is -2.31. The minimum Gasteiger partial charge on any atom is -0.497 e. The summed E-state index contributed by atoms with van der Waals surface area (Å²) in [6, 6.07) is 7.27. The van der Waals surface area contributed by atoms with E-state index in [-0.39, 0.29) is 24.7 Å². The van der Waals surface area contributed by atoms with E-state index in [1.807, 2.05) is 26.0 Å². The molecule has 0 fully saturated rings. The van der Waals surface area contributed by atoms with Crippen molar-refractivity contribution in [3.05, 3.63) is 29.8 Å². The van der Waals surface area contributed by atoms with Crippen LogP contribution in [0, 0.1) is 11.8 Å². The number of esters is 1. The third-order valence-electron chi connectivity index (χ3n) is 3.09. The third kappa shape index (κ3) is 4.37. The number of benzene rings is 1. The molecular formula is C16H22O4. The molecule has 0 aliphatic rings. The summed E-state index contributed by atoms with van der Waals surface area (Å²) in [7, 11) is 1.59. The molecule has 1 aromatic rings. The van der Waals surface area contributed by atoms with Crippen molar-refractivity contribution in [2.24, 2.45) is 11.8 Å². The van der Waals surface area contributed by atoms with Crippen LogP contribution < -0.4 is 4.74 Å². The molecule has 0 aliphatic carbocycles. The van der Waals surface area contributed by atoms with Gasteiger partial charge in [-0.3, -0.25) is 9.59 Å². The highest BCUT2D eigenvalue weighted by Gasteiger charge is 2.30. The van der Waals surface area contributed by atoms with Crippen molar-refractivity contribution < 1.29 is 19.1 Å². The van der Waals surface area contributed by atoms with Crippen molar-refractivity contribution in [1.29, 1.82) is 0 Å². The van der Waals surface area contributed by atoms with Crippen LogP contribution in [0.5, 0.6) is 5.75 Å². The topological polar surface area (TPSA) is 52.6 Å². The van der Waals surface area contributed by atoms with E-state index in [2.05, 4.69) is 0 Å². The van der Waals surface area contributed by atoms with Crippen LogP contribution in [0.1, 0.15) is 26.3 Å². The van der Waals surface area contributed by atoms with Gasteiger partial charge in [-0.25, -0.2) is 0 Å². The van der Waals surface area contributed by atoms with Gasteiger partial charge in [0.2, 0.25) is 0 Å². The second kappa shape index (κ2) is 7.68. The minimum absolute atomic E-state index is 0.0696. The van der Waals surface area contributed by atoms with Crippen molar-refractivity contribution in [2.75, 3.05) is 13.7 Å². The number of carbonyl (C=O) groups excluding carboxylic acids is 2. The van der Waals surface area contributed by atoms with Crippen LogP contribution >= 0.6 is 0 Å². The second-order valence-electron chi connectivity index (χ2n) is 4.96. The molecule has 0 heterocycles. The predicted octanol–water partition coefficient (Wildman–Crippen LogP) is 2.64. The van der Waals surface area contributed by atoms with Gasteiger partial charge in [-0.2, -0.15) is 0 Å². The Bertz CT molecular complexity index is 448. The number of hydrogen-bond donors (Lipinski definition) is 0. The maximum absolute atomic E-state index is 12.3. The SMILES string of the molecule is CCOC(=O)C(C(=O)Cc1ccc(OC)cc1)C(C)C. The molecule has 0 saturated carbocycles. The second-order valence-corrected chi connectivity index (χ2v) is 4.96. The summed E-state index contributed by atoms with van der Waals surface area (Å²) in [5, 5.41) is 0. The molecule has 0 saturated heterocycles. The van der Waals surface area contributed by atoms with Gasteiger partial charge in [0.1, 0.15) is 11.7 Å². The van der Waals surface area contributed by atoms with Crippen LogP contribution in [0.3, 0.4) is 0 Å². The van der Waals surface area contributed by atoms with Crippen molar-refractivity contribution >= 4 is 11.8 Å². The summed E-state index contributed by atoms with van der Waals surface area (Å²) < 4.78 is 10.1. The number of methoxy groups -OCH3 is 1. The fourth-order valence-electron chi connectivity index (χ4n) is 2.06. The van der Waals surface area contributed by atoms with Gasteiger partial charge in [-0.15, -0.1) is 0 Å². The van der Waals surface area contributed by atoms with Crippen LogP contribution in [0.4, 0.5) is 0 Å². The number of rotatable bonds is 7. The van der Waals surface area contributed by atoms with Gasteiger partial charge in [0, 0.05) is 6.42 Å². The molecule has 4 heteroatoms. The highest BCUT2D eigenvalue weighted by molar-refractivity contribution is 6.00. The van der Waals surface area contributed by atoms with E-state index < -0.39 is 11.9 Å². The van der Waals surface area contributed by atoms with Gasteiger partial charge in [-0.05, 0) is 30.5 Å². The molecule has 1 aromatic carbocycles. The Labute approximate surface area is 120 Å². The number of ketones is 1. The first kappa shape index (κ1) is 16.2. The smallest absolute Gasteiger partial charge is 0.316 e. The first-order chi connectivity index (χ1) is 9.49. The molecule has 0 aliphatic heterocycles. The predicted molar refractivity (Wildman–Crippen MR) is 76.7 cm³/mol. The number of hydrogen-bond acceptors (Lipinski definition) is 4. The van der Waals surface area contributed by atoms with Crippen molar-refractivity contribution in [3.63, 3.8) is 0 Å². The zero-order valence-corrected chi connectivity index (χ0v) is 12.5. The Morgan fingerprint density at radius 3 is 2.20 bits per heavy atom. The molecule has 0 amide bonds. The van der Waals surface area contributed by atoms with Gasteiger partial charge in [0.25, 0.3) is 0 Å². The Hall–Kier alpha value is -1.84. The first-order valence-electron chi connectivity index (χ1n) is 6.81. The molecule has 4 nitrogen and oxygen atoms in total. The van der Waals surface area contributed by atoms with Crippen LogP contribution in [0.25, 0.3) is 0 Å². The van der Waals surface area contributed by atoms with Crippen molar-refractivity contribution in [1.82, 2.24) is 0 Å². The van der Waals surface area contributed by atoms with E-state index in [1.54, 1.807) is 26.2 Å². The van der Waals surface area contributed by atoms with E-state index in [0.29, 0.717) is 0 Å². The average molecular weight is 278 g/mol. The fourth-order valence-corrected chi connectivity index (χ4v) is 2.06. The summed E-state index contributed by atoms with van der Waals surface area (Å²) in [6.45, 7) is 5.74. The molecule has 0 spiro atoms. The molecule has 1 unspecified atom stereocenters. The lowest BCUT2D eigenvalue weighted by Gasteiger charge is -2.17. The van der Waals surface area contributed by atoms with E-state index in [4.69, 9.17) is 9.47 Å². The summed E-state index contributed by atoms with van der Waals surface area (Å²) in [5.41, 5.74) is 0.866. The Balaban J connectivity index is 2.77. The fraction of sp³-hybridized carbons (Fsp3) is 0.500. The van der Waals surface area contributed by atoms with E-state index in [9.17, 15) is 9.59 Å². The largest absolute Gasteiger partial charge is 0.497 e. The quantitative estimate of drug-likeness (QED) is 0.568. The third-order valence-corrected chi connectivity index (χ3v) is 3.09. The molecule has 0 N–H and O–H groups in total. The highest BCUT2D eigenvalue weighted by Crippen LogP contribution is 2.18. The van der Waals surface area contributed by atoms with Crippen molar-refractivity contribution in [2.45, 2.75) is 27.2 Å². The molecular weight excluding hydrogens is 256 g/mol. The Kier molecular flexibility index (Phi) is 6.22. The van der Waals surface area contributed by atoms with Gasteiger partial charge >= 0.3 is 5.97 Å². The zero-order chi connectivity index (χ0) is 15.1. The van der Waals surface area contributed by atoms with E-state index in [1.165, 1.54) is 0 Å². The standard InChI is InChI=1S/C16H22O4/c1-5-20-16(18)15(11(2)3)14(17)10-12-6-8-13(19-4)9-7-12/h6-9,11,15H,5,10H2,1-4H3. The molecule has 0 aromatic heterocycles. The first-order valence-corrected chi connectivity index (χ1v) is 6.81. The number of Topliss-reactive ketones (excluding diaryl/α,β-unsaturated/α-hetero) is 1. The molecule has 0 radical (unpaired) electrons. The molecule has 20 heavy (non-hydrogen) atoms. The molecule has 1 rings (SSSR count). The summed E-state index contributed by atoms with van der Waals surface area (Å²) in [4.78, 5) is 24.1. The maximum atomic E-state index is 12.3. The lowest BCUT2D eigenvalue weighted by atomic mass is 9.88. The number of ether oxygens (including phenoxy) is 2. The maximum Gasteiger partial charge on any atom is 0.316 e. The van der Waals surface area contributed by atoms with Crippen LogP contribution in [-0.4, -0.2) is 25.5 Å². The number of carbonyl (C=O) groups is 2. The average Bonchev–Trinajstić information content (AvgIpc) is 2.39. The normalized spacial score (nSPS) is 12.1. The Morgan fingerprint density at radius 1 is 1.15 bits per heavy atom. The summed E-state index contributed by atoms with van der Waals surface area (Å²) >= 11 is 0. The van der Waals surface area contributed by atoms with Gasteiger partial charge < -0.3 is 9.47 Å². The van der Waals surface area contributed by atoms with E-state index in [0.717, 1.165) is 11.3 Å². The summed E-state index contributed by atoms with van der Waals surface area (Å²) in [6.07, 6.45) is 0.228. The van der Waals surface area contributed by atoms with Gasteiger partial charge in [0.05, 0.1) is 13.7 Å². The zero-order valence-electron chi connectivity index (χ0n) is 12.5. The minimum atomic E-state index is -0.697. The van der Waals surface area contributed by atoms with Crippen LogP contribution in [0.2, 0.25) is 0 Å².